The quantitative estimate of drug-likeness (QED) is 0.274. The Bertz CT molecular complexity index is 1410. The van der Waals surface area contributed by atoms with Gasteiger partial charge in [0.05, 0.1) is 6.10 Å². The first kappa shape index (κ1) is 26.6. The van der Waals surface area contributed by atoms with Gasteiger partial charge in [0, 0.05) is 39.1 Å². The molecular weight excluding hydrogens is 466 g/mol. The molecule has 1 atom stereocenters. The number of benzene rings is 2. The average molecular weight is 504 g/mol. The van der Waals surface area contributed by atoms with Crippen molar-refractivity contribution in [1.82, 2.24) is 24.0 Å². The maximum Gasteiger partial charge on any atom is 0.332 e. The highest BCUT2D eigenvalue weighted by molar-refractivity contribution is 5.71. The molecule has 4 rings (SSSR count). The molecule has 2 heterocycles. The van der Waals surface area contributed by atoms with Crippen molar-refractivity contribution >= 4 is 11.2 Å². The van der Waals surface area contributed by atoms with Crippen molar-refractivity contribution < 1.29 is 5.11 Å². The zero-order valence-electron chi connectivity index (χ0n) is 21.8. The Morgan fingerprint density at radius 2 is 1.54 bits per heavy atom. The second kappa shape index (κ2) is 12.7. The van der Waals surface area contributed by atoms with Crippen LogP contribution < -0.4 is 16.6 Å². The molecule has 0 amide bonds. The van der Waals surface area contributed by atoms with Crippen LogP contribution in [-0.2, 0) is 32.5 Å². The molecule has 4 aromatic rings. The Balaban J connectivity index is 1.80. The van der Waals surface area contributed by atoms with Gasteiger partial charge in [0.2, 0.25) is 0 Å². The van der Waals surface area contributed by atoms with Crippen molar-refractivity contribution in [3.05, 3.63) is 98.5 Å². The summed E-state index contributed by atoms with van der Waals surface area (Å²) in [5.74, 6) is 0.748. The number of hydrogen-bond donors (Lipinski definition) is 2. The SMILES string of the molecule is CCCn1c(=O)c2c(nc(Cc3ccccc3)n2CCNCC(O)CC)n(CCc2ccccc2)c1=O. The first-order chi connectivity index (χ1) is 18.0. The van der Waals surface area contributed by atoms with Gasteiger partial charge in [-0.2, -0.15) is 0 Å². The van der Waals surface area contributed by atoms with Gasteiger partial charge in [0.1, 0.15) is 5.82 Å². The van der Waals surface area contributed by atoms with Crippen LogP contribution in [0.3, 0.4) is 0 Å². The van der Waals surface area contributed by atoms with Crippen LogP contribution in [0.4, 0.5) is 0 Å². The van der Waals surface area contributed by atoms with E-state index in [1.54, 1.807) is 4.57 Å². The van der Waals surface area contributed by atoms with Crippen molar-refractivity contribution in [2.75, 3.05) is 13.1 Å². The molecule has 8 heteroatoms. The van der Waals surface area contributed by atoms with Crippen molar-refractivity contribution in [2.24, 2.45) is 0 Å². The maximum atomic E-state index is 13.7. The molecule has 0 aliphatic carbocycles. The lowest BCUT2D eigenvalue weighted by Crippen LogP contribution is -2.41. The fourth-order valence-electron chi connectivity index (χ4n) is 4.60. The summed E-state index contributed by atoms with van der Waals surface area (Å²) in [5, 5.41) is 13.2. The summed E-state index contributed by atoms with van der Waals surface area (Å²) in [6, 6.07) is 20.1. The average Bonchev–Trinajstić information content (AvgIpc) is 3.27. The van der Waals surface area contributed by atoms with E-state index < -0.39 is 6.10 Å². The van der Waals surface area contributed by atoms with Crippen LogP contribution in [0.2, 0.25) is 0 Å². The molecule has 8 nitrogen and oxygen atoms in total. The van der Waals surface area contributed by atoms with E-state index in [0.717, 1.165) is 17.0 Å². The summed E-state index contributed by atoms with van der Waals surface area (Å²) in [7, 11) is 0. The normalized spacial score (nSPS) is 12.3. The highest BCUT2D eigenvalue weighted by Gasteiger charge is 2.21. The molecule has 196 valence electrons. The van der Waals surface area contributed by atoms with Crippen molar-refractivity contribution in [3.63, 3.8) is 0 Å². The van der Waals surface area contributed by atoms with Gasteiger partial charge in [-0.05, 0) is 30.4 Å². The van der Waals surface area contributed by atoms with E-state index in [9.17, 15) is 14.7 Å². The second-order valence-electron chi connectivity index (χ2n) is 9.41. The van der Waals surface area contributed by atoms with E-state index in [1.807, 2.05) is 79.1 Å². The molecule has 0 bridgehead atoms. The number of aryl methyl sites for hydroxylation is 2. The van der Waals surface area contributed by atoms with Crippen LogP contribution in [0.5, 0.6) is 0 Å². The van der Waals surface area contributed by atoms with Crippen LogP contribution >= 0.6 is 0 Å². The Morgan fingerprint density at radius 3 is 2.19 bits per heavy atom. The summed E-state index contributed by atoms with van der Waals surface area (Å²) < 4.78 is 4.98. The molecule has 0 spiro atoms. The Morgan fingerprint density at radius 1 is 0.865 bits per heavy atom. The lowest BCUT2D eigenvalue weighted by molar-refractivity contribution is 0.167. The molecule has 0 radical (unpaired) electrons. The van der Waals surface area contributed by atoms with Gasteiger partial charge in [-0.25, -0.2) is 9.78 Å². The summed E-state index contributed by atoms with van der Waals surface area (Å²) >= 11 is 0. The molecule has 0 fully saturated rings. The minimum atomic E-state index is -0.409. The molecule has 0 saturated heterocycles. The van der Waals surface area contributed by atoms with E-state index >= 15 is 0 Å². The van der Waals surface area contributed by atoms with Gasteiger partial charge in [0.25, 0.3) is 5.56 Å². The molecule has 1 unspecified atom stereocenters. The van der Waals surface area contributed by atoms with E-state index in [1.165, 1.54) is 4.57 Å². The lowest BCUT2D eigenvalue weighted by Gasteiger charge is -2.14. The molecule has 0 aliphatic heterocycles. The standard InChI is InChI=1S/C29H37N5O3/c1-3-17-34-28(36)26-27(33(29(34)37)18-15-22-11-7-5-8-12-22)31-25(20-23-13-9-6-10-14-23)32(26)19-16-30-21-24(35)4-2/h5-14,24,30,35H,3-4,15-21H2,1-2H3. The number of aliphatic hydroxyl groups is 1. The first-order valence-corrected chi connectivity index (χ1v) is 13.2. The van der Waals surface area contributed by atoms with Crippen LogP contribution in [0.15, 0.2) is 70.3 Å². The van der Waals surface area contributed by atoms with E-state index in [4.69, 9.17) is 4.98 Å². The number of aromatic nitrogens is 4. The molecule has 37 heavy (non-hydrogen) atoms. The minimum absolute atomic E-state index is 0.293. The van der Waals surface area contributed by atoms with Crippen molar-refractivity contribution in [3.8, 4) is 0 Å². The molecule has 0 aliphatic rings. The fourth-order valence-corrected chi connectivity index (χ4v) is 4.60. The largest absolute Gasteiger partial charge is 0.392 e. The van der Waals surface area contributed by atoms with E-state index in [0.29, 0.717) is 69.6 Å². The second-order valence-corrected chi connectivity index (χ2v) is 9.41. The third-order valence-corrected chi connectivity index (χ3v) is 6.68. The zero-order chi connectivity index (χ0) is 26.2. The smallest absolute Gasteiger partial charge is 0.332 e. The number of fused-ring (bicyclic) bond motifs is 1. The van der Waals surface area contributed by atoms with Gasteiger partial charge < -0.3 is 15.0 Å². The maximum absolute atomic E-state index is 13.7. The number of rotatable bonds is 13. The monoisotopic (exact) mass is 503 g/mol. The number of nitrogens with one attached hydrogen (secondary N) is 1. The van der Waals surface area contributed by atoms with Gasteiger partial charge in [-0.15, -0.1) is 0 Å². The number of hydrogen-bond acceptors (Lipinski definition) is 5. The van der Waals surface area contributed by atoms with Gasteiger partial charge in [-0.3, -0.25) is 13.9 Å². The minimum Gasteiger partial charge on any atom is -0.392 e. The topological polar surface area (TPSA) is 94.1 Å². The van der Waals surface area contributed by atoms with E-state index in [-0.39, 0.29) is 11.2 Å². The van der Waals surface area contributed by atoms with Gasteiger partial charge >= 0.3 is 5.69 Å². The molecule has 2 aromatic carbocycles. The Hall–Kier alpha value is -3.49. The van der Waals surface area contributed by atoms with Crippen LogP contribution in [0.1, 0.15) is 43.6 Å². The van der Waals surface area contributed by atoms with Gasteiger partial charge in [-0.1, -0.05) is 74.5 Å². The molecule has 2 N–H and O–H groups in total. The lowest BCUT2D eigenvalue weighted by atomic mass is 10.1. The van der Waals surface area contributed by atoms with Crippen LogP contribution in [0, 0.1) is 0 Å². The summed E-state index contributed by atoms with van der Waals surface area (Å²) in [5.41, 5.74) is 2.51. The van der Waals surface area contributed by atoms with Crippen LogP contribution in [-0.4, -0.2) is 43.0 Å². The predicted molar refractivity (Wildman–Crippen MR) is 147 cm³/mol. The zero-order valence-corrected chi connectivity index (χ0v) is 21.8. The summed E-state index contributed by atoms with van der Waals surface area (Å²) in [6.07, 6.45) is 2.16. The molecule has 2 aromatic heterocycles. The molecule has 0 saturated carbocycles. The van der Waals surface area contributed by atoms with Crippen LogP contribution in [0.25, 0.3) is 11.2 Å². The third kappa shape index (κ3) is 6.26. The number of aliphatic hydroxyl groups excluding tert-OH is 1. The van der Waals surface area contributed by atoms with Crippen molar-refractivity contribution in [1.29, 1.82) is 0 Å². The van der Waals surface area contributed by atoms with Crippen molar-refractivity contribution in [2.45, 2.75) is 65.3 Å². The van der Waals surface area contributed by atoms with E-state index in [2.05, 4.69) is 5.32 Å². The molecular formula is C29H37N5O3. The number of imidazole rings is 1. The third-order valence-electron chi connectivity index (χ3n) is 6.68. The highest BCUT2D eigenvalue weighted by atomic mass is 16.3. The summed E-state index contributed by atoms with van der Waals surface area (Å²) in [4.78, 5) is 32.1. The Labute approximate surface area is 217 Å². The highest BCUT2D eigenvalue weighted by Crippen LogP contribution is 2.16. The summed E-state index contributed by atoms with van der Waals surface area (Å²) in [6.45, 7) is 6.27. The predicted octanol–water partition coefficient (Wildman–Crippen LogP) is 2.96. The fraction of sp³-hybridized carbons (Fsp3) is 0.414. The van der Waals surface area contributed by atoms with Gasteiger partial charge in [0.15, 0.2) is 11.2 Å². The first-order valence-electron chi connectivity index (χ1n) is 13.2. The Kier molecular flexibility index (Phi) is 9.09. The number of nitrogens with zero attached hydrogens (tertiary/aromatic N) is 4.